The molecule has 1 heterocycles. The molecule has 2 atom stereocenters. The Morgan fingerprint density at radius 2 is 2.21 bits per heavy atom. The van der Waals surface area contributed by atoms with Gasteiger partial charge in [-0.1, -0.05) is 13.3 Å². The number of aryl methyl sites for hydroxylation is 1. The van der Waals surface area contributed by atoms with E-state index in [0.717, 1.165) is 47.8 Å². The third-order valence-electron chi connectivity index (χ3n) is 4.59. The second-order valence-corrected chi connectivity index (χ2v) is 6.10. The van der Waals surface area contributed by atoms with Gasteiger partial charge in [-0.2, -0.15) is 0 Å². The van der Waals surface area contributed by atoms with Crippen LogP contribution in [-0.4, -0.2) is 17.6 Å². The van der Waals surface area contributed by atoms with E-state index in [4.69, 9.17) is 10.5 Å². The summed E-state index contributed by atoms with van der Waals surface area (Å²) in [5, 5.41) is 0. The van der Waals surface area contributed by atoms with E-state index in [1.54, 1.807) is 7.11 Å². The number of hydrogen-bond donors (Lipinski definition) is 1. The molecule has 19 heavy (non-hydrogen) atoms. The molecule has 1 aromatic rings. The van der Waals surface area contributed by atoms with E-state index in [-0.39, 0.29) is 5.54 Å². The SMILES string of the molecule is CCC1CCC(N)(Cc2ncc(C)c(OC)c2C)C1. The lowest BCUT2D eigenvalue weighted by molar-refractivity contribution is 0.392. The van der Waals surface area contributed by atoms with Gasteiger partial charge in [0.15, 0.2) is 0 Å². The maximum Gasteiger partial charge on any atom is 0.128 e. The third-order valence-corrected chi connectivity index (χ3v) is 4.59. The topological polar surface area (TPSA) is 48.1 Å². The molecule has 2 unspecified atom stereocenters. The van der Waals surface area contributed by atoms with Crippen molar-refractivity contribution in [3.8, 4) is 5.75 Å². The fourth-order valence-electron chi connectivity index (χ4n) is 3.36. The van der Waals surface area contributed by atoms with Crippen molar-refractivity contribution in [2.24, 2.45) is 11.7 Å². The van der Waals surface area contributed by atoms with Crippen LogP contribution < -0.4 is 10.5 Å². The van der Waals surface area contributed by atoms with Gasteiger partial charge in [0, 0.05) is 35.0 Å². The van der Waals surface area contributed by atoms with Crippen LogP contribution in [0.4, 0.5) is 0 Å². The van der Waals surface area contributed by atoms with E-state index < -0.39 is 0 Å². The molecular weight excluding hydrogens is 236 g/mol. The molecule has 106 valence electrons. The smallest absolute Gasteiger partial charge is 0.128 e. The average Bonchev–Trinajstić information content (AvgIpc) is 2.76. The fourth-order valence-corrected chi connectivity index (χ4v) is 3.36. The van der Waals surface area contributed by atoms with Crippen molar-refractivity contribution < 1.29 is 4.74 Å². The lowest BCUT2D eigenvalue weighted by Crippen LogP contribution is -2.39. The lowest BCUT2D eigenvalue weighted by Gasteiger charge is -2.25. The second kappa shape index (κ2) is 5.49. The lowest BCUT2D eigenvalue weighted by atomic mass is 9.89. The van der Waals surface area contributed by atoms with Crippen molar-refractivity contribution in [3.63, 3.8) is 0 Å². The average molecular weight is 262 g/mol. The molecule has 3 heteroatoms. The highest BCUT2D eigenvalue weighted by Crippen LogP contribution is 2.37. The quantitative estimate of drug-likeness (QED) is 0.906. The Morgan fingerprint density at radius 1 is 1.47 bits per heavy atom. The normalized spacial score (nSPS) is 26.7. The van der Waals surface area contributed by atoms with Crippen LogP contribution in [0.3, 0.4) is 0 Å². The first-order chi connectivity index (χ1) is 8.99. The minimum atomic E-state index is -0.0707. The van der Waals surface area contributed by atoms with Crippen molar-refractivity contribution in [3.05, 3.63) is 23.0 Å². The number of ether oxygens (including phenoxy) is 1. The van der Waals surface area contributed by atoms with Gasteiger partial charge in [0.2, 0.25) is 0 Å². The number of rotatable bonds is 4. The highest BCUT2D eigenvalue weighted by atomic mass is 16.5. The van der Waals surface area contributed by atoms with Crippen LogP contribution in [0, 0.1) is 19.8 Å². The molecule has 1 aliphatic carbocycles. The molecule has 2 N–H and O–H groups in total. The van der Waals surface area contributed by atoms with Crippen LogP contribution in [0.5, 0.6) is 5.75 Å². The maximum absolute atomic E-state index is 6.57. The molecule has 1 aromatic heterocycles. The molecule has 1 aliphatic rings. The Kier molecular flexibility index (Phi) is 4.14. The number of pyridine rings is 1. The van der Waals surface area contributed by atoms with Crippen LogP contribution in [-0.2, 0) is 6.42 Å². The largest absolute Gasteiger partial charge is 0.496 e. The van der Waals surface area contributed by atoms with Crippen LogP contribution >= 0.6 is 0 Å². The van der Waals surface area contributed by atoms with E-state index in [1.165, 1.54) is 12.8 Å². The first kappa shape index (κ1) is 14.3. The molecule has 1 saturated carbocycles. The minimum absolute atomic E-state index is 0.0707. The summed E-state index contributed by atoms with van der Waals surface area (Å²) < 4.78 is 5.48. The summed E-state index contributed by atoms with van der Waals surface area (Å²) in [6, 6.07) is 0. The van der Waals surface area contributed by atoms with Crippen molar-refractivity contribution in [2.75, 3.05) is 7.11 Å². The Morgan fingerprint density at radius 3 is 2.79 bits per heavy atom. The van der Waals surface area contributed by atoms with Gasteiger partial charge in [-0.3, -0.25) is 4.98 Å². The molecule has 0 amide bonds. The molecule has 0 spiro atoms. The molecule has 0 saturated heterocycles. The Labute approximate surface area is 116 Å². The number of nitrogens with zero attached hydrogens (tertiary/aromatic N) is 1. The van der Waals surface area contributed by atoms with Crippen LogP contribution in [0.1, 0.15) is 49.4 Å². The fraction of sp³-hybridized carbons (Fsp3) is 0.688. The first-order valence-corrected chi connectivity index (χ1v) is 7.27. The minimum Gasteiger partial charge on any atom is -0.496 e. The second-order valence-electron chi connectivity index (χ2n) is 6.10. The molecule has 0 radical (unpaired) electrons. The van der Waals surface area contributed by atoms with Crippen molar-refractivity contribution in [1.29, 1.82) is 0 Å². The predicted molar refractivity (Wildman–Crippen MR) is 78.5 cm³/mol. The highest BCUT2D eigenvalue weighted by Gasteiger charge is 2.35. The summed E-state index contributed by atoms with van der Waals surface area (Å²) in [6.45, 7) is 6.38. The summed E-state index contributed by atoms with van der Waals surface area (Å²) in [7, 11) is 1.72. The molecular formula is C16H26N2O. The van der Waals surface area contributed by atoms with E-state index >= 15 is 0 Å². The van der Waals surface area contributed by atoms with Crippen molar-refractivity contribution >= 4 is 0 Å². The molecule has 2 rings (SSSR count). The third kappa shape index (κ3) is 2.92. The van der Waals surface area contributed by atoms with Crippen molar-refractivity contribution in [2.45, 2.75) is 58.4 Å². The van der Waals surface area contributed by atoms with Crippen LogP contribution in [0.25, 0.3) is 0 Å². The van der Waals surface area contributed by atoms with E-state index in [0.29, 0.717) is 0 Å². The molecule has 0 bridgehead atoms. The standard InChI is InChI=1S/C16H26N2O/c1-5-13-6-7-16(17,8-13)9-14-12(3)15(19-4)11(2)10-18-14/h10,13H,5-9,17H2,1-4H3. The first-order valence-electron chi connectivity index (χ1n) is 7.27. The van der Waals surface area contributed by atoms with Crippen molar-refractivity contribution in [1.82, 2.24) is 4.98 Å². The van der Waals surface area contributed by atoms with Gasteiger partial charge in [0.25, 0.3) is 0 Å². The van der Waals surface area contributed by atoms with Gasteiger partial charge < -0.3 is 10.5 Å². The zero-order valence-electron chi connectivity index (χ0n) is 12.6. The summed E-state index contributed by atoms with van der Waals surface area (Å²) in [5.41, 5.74) is 9.84. The number of nitrogens with two attached hydrogens (primary N) is 1. The van der Waals surface area contributed by atoms with Crippen LogP contribution in [0.15, 0.2) is 6.20 Å². The summed E-state index contributed by atoms with van der Waals surface area (Å²) in [4.78, 5) is 4.59. The monoisotopic (exact) mass is 262 g/mol. The Bertz CT molecular complexity index is 458. The predicted octanol–water partition coefficient (Wildman–Crippen LogP) is 3.16. The molecule has 0 aromatic carbocycles. The van der Waals surface area contributed by atoms with Gasteiger partial charge in [-0.05, 0) is 39.0 Å². The molecule has 1 fully saturated rings. The Hall–Kier alpha value is -1.09. The molecule has 3 nitrogen and oxygen atoms in total. The maximum atomic E-state index is 6.57. The number of hydrogen-bond acceptors (Lipinski definition) is 3. The van der Waals surface area contributed by atoms with E-state index in [1.807, 2.05) is 13.1 Å². The van der Waals surface area contributed by atoms with E-state index in [9.17, 15) is 0 Å². The summed E-state index contributed by atoms with van der Waals surface area (Å²) >= 11 is 0. The van der Waals surface area contributed by atoms with Gasteiger partial charge in [0.05, 0.1) is 7.11 Å². The van der Waals surface area contributed by atoms with E-state index in [2.05, 4.69) is 18.8 Å². The van der Waals surface area contributed by atoms with Gasteiger partial charge >= 0.3 is 0 Å². The summed E-state index contributed by atoms with van der Waals surface area (Å²) in [5.74, 6) is 1.75. The highest BCUT2D eigenvalue weighted by molar-refractivity contribution is 5.41. The number of methoxy groups -OCH3 is 1. The zero-order chi connectivity index (χ0) is 14.0. The van der Waals surface area contributed by atoms with Gasteiger partial charge in [0.1, 0.15) is 5.75 Å². The Balaban J connectivity index is 2.20. The molecule has 0 aliphatic heterocycles. The number of aromatic nitrogens is 1. The zero-order valence-corrected chi connectivity index (χ0v) is 12.6. The van der Waals surface area contributed by atoms with Crippen LogP contribution in [0.2, 0.25) is 0 Å². The van der Waals surface area contributed by atoms with Gasteiger partial charge in [-0.15, -0.1) is 0 Å². The van der Waals surface area contributed by atoms with Gasteiger partial charge in [-0.25, -0.2) is 0 Å². The summed E-state index contributed by atoms with van der Waals surface area (Å²) in [6.07, 6.45) is 7.50.